The van der Waals surface area contributed by atoms with Gasteiger partial charge in [-0.3, -0.25) is 4.98 Å². The van der Waals surface area contributed by atoms with Crippen LogP contribution >= 0.6 is 0 Å². The van der Waals surface area contributed by atoms with Crippen LogP contribution in [0.3, 0.4) is 0 Å². The predicted molar refractivity (Wildman–Crippen MR) is 150 cm³/mol. The second-order valence-corrected chi connectivity index (χ2v) is 9.85. The van der Waals surface area contributed by atoms with E-state index in [2.05, 4.69) is 11.1 Å². The van der Waals surface area contributed by atoms with Crippen molar-refractivity contribution >= 4 is 10.9 Å². The van der Waals surface area contributed by atoms with E-state index in [0.29, 0.717) is 58.1 Å². The molecule has 4 rings (SSSR count). The van der Waals surface area contributed by atoms with E-state index in [1.54, 1.807) is 51.9 Å². The van der Waals surface area contributed by atoms with Crippen molar-refractivity contribution in [2.75, 3.05) is 42.0 Å². The Morgan fingerprint density at radius 1 is 1.00 bits per heavy atom. The monoisotopic (exact) mass is 526 g/mol. The summed E-state index contributed by atoms with van der Waals surface area (Å²) >= 11 is 0. The van der Waals surface area contributed by atoms with Crippen molar-refractivity contribution in [2.24, 2.45) is 0 Å². The molecule has 8 heteroatoms. The summed E-state index contributed by atoms with van der Waals surface area (Å²) in [7, 11) is 8.67. The first-order valence-corrected chi connectivity index (χ1v) is 12.6. The number of aliphatic hydroxyl groups is 1. The molecule has 1 N–H and O–H groups in total. The number of aromatic nitrogens is 2. The van der Waals surface area contributed by atoms with Crippen molar-refractivity contribution in [2.45, 2.75) is 24.9 Å². The van der Waals surface area contributed by atoms with Gasteiger partial charge < -0.3 is 24.2 Å². The highest BCUT2D eigenvalue weighted by Crippen LogP contribution is 2.51. The Balaban J connectivity index is 2.12. The van der Waals surface area contributed by atoms with E-state index in [9.17, 15) is 10.4 Å². The average molecular weight is 527 g/mol. The Labute approximate surface area is 229 Å². The number of para-hydroxylation sites is 1. The van der Waals surface area contributed by atoms with E-state index in [0.717, 1.165) is 10.9 Å². The Kier molecular flexibility index (Phi) is 8.34. The summed E-state index contributed by atoms with van der Waals surface area (Å²) in [6.45, 7) is 2.54. The molecule has 0 amide bonds. The summed E-state index contributed by atoms with van der Waals surface area (Å²) < 4.78 is 17.4. The molecule has 0 aliphatic carbocycles. The quantitative estimate of drug-likeness (QED) is 0.314. The van der Waals surface area contributed by atoms with Crippen LogP contribution in [0.5, 0.6) is 17.4 Å². The third kappa shape index (κ3) is 5.51. The molecule has 2 unspecified atom stereocenters. The minimum Gasteiger partial charge on any atom is -0.493 e. The number of rotatable bonds is 10. The standard InChI is InChI=1S/C31H34N4O4/c1-20-14-23(19-33-18-20)31(36,12-13-35(2)3)28(24-8-7-9-27(37-4)29(24)38-5)25-16-22-15-21(17-32)10-11-26(22)34-30(25)39-6/h7-11,14-16,18-19,28,36H,12-13H2,1-6H3. The van der Waals surface area contributed by atoms with Gasteiger partial charge in [-0.25, -0.2) is 4.98 Å². The molecule has 0 saturated carbocycles. The summed E-state index contributed by atoms with van der Waals surface area (Å²) in [6, 6.07) is 17.0. The fourth-order valence-electron chi connectivity index (χ4n) is 5.08. The van der Waals surface area contributed by atoms with Crippen LogP contribution in [0.25, 0.3) is 10.9 Å². The fourth-order valence-corrected chi connectivity index (χ4v) is 5.08. The molecule has 2 atom stereocenters. The van der Waals surface area contributed by atoms with Gasteiger partial charge in [0.2, 0.25) is 5.88 Å². The van der Waals surface area contributed by atoms with Crippen LogP contribution in [0.4, 0.5) is 0 Å². The van der Waals surface area contributed by atoms with Gasteiger partial charge in [0, 0.05) is 41.0 Å². The molecule has 8 nitrogen and oxygen atoms in total. The molecule has 202 valence electrons. The molecule has 0 fully saturated rings. The molecule has 0 aliphatic heterocycles. The number of hydrogen-bond donors (Lipinski definition) is 1. The maximum atomic E-state index is 12.9. The molecule has 2 aromatic heterocycles. The third-order valence-electron chi connectivity index (χ3n) is 6.98. The molecular weight excluding hydrogens is 492 g/mol. The van der Waals surface area contributed by atoms with Gasteiger partial charge in [-0.15, -0.1) is 0 Å². The van der Waals surface area contributed by atoms with Crippen molar-refractivity contribution in [1.82, 2.24) is 14.9 Å². The molecule has 0 saturated heterocycles. The fraction of sp³-hybridized carbons (Fsp3) is 0.323. The smallest absolute Gasteiger partial charge is 0.217 e. The highest BCUT2D eigenvalue weighted by atomic mass is 16.5. The number of ether oxygens (including phenoxy) is 3. The second kappa shape index (κ2) is 11.7. The second-order valence-electron chi connectivity index (χ2n) is 9.85. The van der Waals surface area contributed by atoms with Crippen molar-refractivity contribution in [1.29, 1.82) is 5.26 Å². The Morgan fingerprint density at radius 2 is 1.79 bits per heavy atom. The lowest BCUT2D eigenvalue weighted by Gasteiger charge is -2.39. The van der Waals surface area contributed by atoms with Crippen LogP contribution in [0, 0.1) is 18.3 Å². The summed E-state index contributed by atoms with van der Waals surface area (Å²) in [5.74, 6) is 0.702. The lowest BCUT2D eigenvalue weighted by molar-refractivity contribution is 0.00280. The SMILES string of the molecule is COc1cccc(C(c2cc3cc(C#N)ccc3nc2OC)C(O)(CCN(C)C)c2cncc(C)c2)c1OC. The van der Waals surface area contributed by atoms with Gasteiger partial charge in [-0.2, -0.15) is 5.26 Å². The van der Waals surface area contributed by atoms with Crippen LogP contribution in [-0.2, 0) is 5.60 Å². The van der Waals surface area contributed by atoms with E-state index < -0.39 is 11.5 Å². The van der Waals surface area contributed by atoms with E-state index in [1.165, 1.54) is 0 Å². The van der Waals surface area contributed by atoms with Gasteiger partial charge in [-0.05, 0) is 63.3 Å². The summed E-state index contributed by atoms with van der Waals surface area (Å²) in [6.07, 6.45) is 3.84. The Hall–Kier alpha value is -4.19. The molecule has 39 heavy (non-hydrogen) atoms. The van der Waals surface area contributed by atoms with Gasteiger partial charge >= 0.3 is 0 Å². The summed E-state index contributed by atoms with van der Waals surface area (Å²) in [4.78, 5) is 11.2. The molecule has 0 radical (unpaired) electrons. The number of hydrogen-bond acceptors (Lipinski definition) is 8. The van der Waals surface area contributed by atoms with Crippen LogP contribution in [0.1, 0.15) is 40.2 Å². The van der Waals surface area contributed by atoms with Gasteiger partial charge in [-0.1, -0.05) is 18.2 Å². The Morgan fingerprint density at radius 3 is 2.44 bits per heavy atom. The number of fused-ring (bicyclic) bond motifs is 1. The van der Waals surface area contributed by atoms with Crippen molar-refractivity contribution in [3.8, 4) is 23.4 Å². The van der Waals surface area contributed by atoms with Crippen LogP contribution in [0.2, 0.25) is 0 Å². The zero-order chi connectivity index (χ0) is 28.2. The molecule has 2 heterocycles. The van der Waals surface area contributed by atoms with E-state index in [1.807, 2.05) is 56.3 Å². The number of nitrogens with zero attached hydrogens (tertiary/aromatic N) is 4. The molecule has 4 aromatic rings. The van der Waals surface area contributed by atoms with Crippen molar-refractivity contribution in [3.05, 3.63) is 88.7 Å². The first kappa shape index (κ1) is 27.8. The molecule has 2 aromatic carbocycles. The van der Waals surface area contributed by atoms with Crippen LogP contribution in [0.15, 0.2) is 60.9 Å². The normalized spacial score (nSPS) is 13.5. The van der Waals surface area contributed by atoms with Crippen molar-refractivity contribution < 1.29 is 19.3 Å². The molecule has 0 spiro atoms. The van der Waals surface area contributed by atoms with Crippen molar-refractivity contribution in [3.63, 3.8) is 0 Å². The number of benzene rings is 2. The average Bonchev–Trinajstić information content (AvgIpc) is 2.95. The minimum atomic E-state index is -1.46. The Bertz CT molecular complexity index is 1510. The maximum Gasteiger partial charge on any atom is 0.217 e. The summed E-state index contributed by atoms with van der Waals surface area (Å²) in [5, 5.41) is 23.2. The first-order valence-electron chi connectivity index (χ1n) is 12.6. The van der Waals surface area contributed by atoms with Gasteiger partial charge in [0.15, 0.2) is 11.5 Å². The topological polar surface area (TPSA) is 101 Å². The first-order chi connectivity index (χ1) is 18.7. The van der Waals surface area contributed by atoms with E-state index in [-0.39, 0.29) is 0 Å². The minimum absolute atomic E-state index is 0.367. The maximum absolute atomic E-state index is 12.9. The van der Waals surface area contributed by atoms with Gasteiger partial charge in [0.1, 0.15) is 5.60 Å². The number of pyridine rings is 2. The lowest BCUT2D eigenvalue weighted by Crippen LogP contribution is -2.38. The van der Waals surface area contributed by atoms with E-state index >= 15 is 0 Å². The highest BCUT2D eigenvalue weighted by Gasteiger charge is 2.44. The van der Waals surface area contributed by atoms with Gasteiger partial charge in [0.25, 0.3) is 0 Å². The molecule has 0 aliphatic rings. The van der Waals surface area contributed by atoms with Crippen LogP contribution < -0.4 is 14.2 Å². The number of nitriles is 1. The van der Waals surface area contributed by atoms with E-state index in [4.69, 9.17) is 19.2 Å². The van der Waals surface area contributed by atoms with Crippen LogP contribution in [-0.4, -0.2) is 61.9 Å². The lowest BCUT2D eigenvalue weighted by atomic mass is 9.71. The largest absolute Gasteiger partial charge is 0.493 e. The highest BCUT2D eigenvalue weighted by molar-refractivity contribution is 5.82. The predicted octanol–water partition coefficient (Wildman–Crippen LogP) is 4.81. The number of methoxy groups -OCH3 is 3. The van der Waals surface area contributed by atoms with Gasteiger partial charge in [0.05, 0.1) is 44.4 Å². The number of aryl methyl sites for hydroxylation is 1. The third-order valence-corrected chi connectivity index (χ3v) is 6.98. The summed E-state index contributed by atoms with van der Waals surface area (Å²) in [5.41, 5.74) is 2.67. The zero-order valence-electron chi connectivity index (χ0n) is 23.2. The zero-order valence-corrected chi connectivity index (χ0v) is 23.2. The molecular formula is C31H34N4O4. The molecule has 0 bridgehead atoms.